The van der Waals surface area contributed by atoms with E-state index < -0.39 is 0 Å². The van der Waals surface area contributed by atoms with Gasteiger partial charge < -0.3 is 9.88 Å². The van der Waals surface area contributed by atoms with E-state index in [1.165, 1.54) is 15.9 Å². The minimum atomic E-state index is -0.112. The number of carbonyl (C=O) groups excluding carboxylic acids is 1. The molecular weight excluding hydrogens is 294 g/mol. The van der Waals surface area contributed by atoms with Crippen molar-refractivity contribution in [2.24, 2.45) is 0 Å². The molecule has 1 saturated heterocycles. The van der Waals surface area contributed by atoms with E-state index in [1.54, 1.807) is 6.07 Å². The fourth-order valence-electron chi connectivity index (χ4n) is 2.51. The average Bonchev–Trinajstić information content (AvgIpc) is 3.08. The summed E-state index contributed by atoms with van der Waals surface area (Å²) in [5.74, 6) is 0.106. The Morgan fingerprint density at radius 2 is 2.15 bits per heavy atom. The highest BCUT2D eigenvalue weighted by Gasteiger charge is 2.18. The van der Waals surface area contributed by atoms with E-state index in [2.05, 4.69) is 4.98 Å². The zero-order chi connectivity index (χ0) is 14.1. The van der Waals surface area contributed by atoms with Crippen molar-refractivity contribution in [1.82, 2.24) is 14.5 Å². The minimum absolute atomic E-state index is 0.106. The lowest BCUT2D eigenvalue weighted by Gasteiger charge is -2.15. The molecule has 0 atom stereocenters. The van der Waals surface area contributed by atoms with Crippen LogP contribution in [0.5, 0.6) is 0 Å². The summed E-state index contributed by atoms with van der Waals surface area (Å²) >= 11 is 6.67. The number of H-pyrrole nitrogens is 1. The number of aromatic amines is 1. The molecule has 3 heterocycles. The van der Waals surface area contributed by atoms with E-state index in [-0.39, 0.29) is 11.5 Å². The number of nitrogens with zero attached hydrogens (tertiary/aromatic N) is 2. The van der Waals surface area contributed by atoms with Crippen LogP contribution in [0, 0.1) is 4.77 Å². The maximum Gasteiger partial charge on any atom is 0.263 e. The first-order chi connectivity index (χ1) is 9.66. The lowest BCUT2D eigenvalue weighted by molar-refractivity contribution is -0.130. The quantitative estimate of drug-likeness (QED) is 0.884. The van der Waals surface area contributed by atoms with Crippen LogP contribution in [0.1, 0.15) is 19.3 Å². The first kappa shape index (κ1) is 13.5. The van der Waals surface area contributed by atoms with Crippen molar-refractivity contribution < 1.29 is 4.79 Å². The molecule has 106 valence electrons. The second-order valence-electron chi connectivity index (χ2n) is 4.89. The van der Waals surface area contributed by atoms with E-state index in [0.717, 1.165) is 30.8 Å². The Balaban J connectivity index is 1.82. The Morgan fingerprint density at radius 1 is 1.40 bits per heavy atom. The van der Waals surface area contributed by atoms with Crippen molar-refractivity contribution in [1.29, 1.82) is 0 Å². The molecule has 0 aromatic carbocycles. The third-order valence-corrected chi connectivity index (χ3v) is 4.77. The van der Waals surface area contributed by atoms with Gasteiger partial charge in [0, 0.05) is 26.1 Å². The fraction of sp³-hybridized carbons (Fsp3) is 0.462. The van der Waals surface area contributed by atoms with Crippen LogP contribution >= 0.6 is 23.6 Å². The van der Waals surface area contributed by atoms with Gasteiger partial charge in [-0.3, -0.25) is 14.2 Å². The van der Waals surface area contributed by atoms with Crippen molar-refractivity contribution in [2.75, 3.05) is 13.1 Å². The van der Waals surface area contributed by atoms with E-state index >= 15 is 0 Å². The predicted molar refractivity (Wildman–Crippen MR) is 81.7 cm³/mol. The maximum absolute atomic E-state index is 12.3. The van der Waals surface area contributed by atoms with E-state index in [1.807, 2.05) is 10.3 Å². The molecule has 0 aliphatic carbocycles. The molecule has 5 nitrogen and oxygen atoms in total. The fourth-order valence-corrected chi connectivity index (χ4v) is 3.63. The van der Waals surface area contributed by atoms with Crippen LogP contribution in [0.2, 0.25) is 0 Å². The molecule has 0 saturated carbocycles. The molecule has 1 fully saturated rings. The van der Waals surface area contributed by atoms with Gasteiger partial charge in [-0.05, 0) is 36.5 Å². The van der Waals surface area contributed by atoms with Crippen molar-refractivity contribution >= 4 is 39.7 Å². The van der Waals surface area contributed by atoms with Gasteiger partial charge in [0.25, 0.3) is 5.56 Å². The second kappa shape index (κ2) is 5.49. The van der Waals surface area contributed by atoms with E-state index in [9.17, 15) is 9.59 Å². The third kappa shape index (κ3) is 2.43. The van der Waals surface area contributed by atoms with Gasteiger partial charge >= 0.3 is 0 Å². The Morgan fingerprint density at radius 3 is 2.90 bits per heavy atom. The number of rotatable bonds is 3. The van der Waals surface area contributed by atoms with Crippen LogP contribution in [-0.4, -0.2) is 33.4 Å². The van der Waals surface area contributed by atoms with Crippen molar-refractivity contribution in [3.8, 4) is 0 Å². The highest BCUT2D eigenvalue weighted by atomic mass is 32.1. The van der Waals surface area contributed by atoms with Crippen LogP contribution in [0.3, 0.4) is 0 Å². The Kier molecular flexibility index (Phi) is 3.71. The summed E-state index contributed by atoms with van der Waals surface area (Å²) in [6.45, 7) is 2.02. The number of hydrogen-bond acceptors (Lipinski definition) is 4. The number of carbonyl (C=O) groups is 1. The van der Waals surface area contributed by atoms with Crippen molar-refractivity contribution in [3.63, 3.8) is 0 Å². The topological polar surface area (TPSA) is 58.1 Å². The first-order valence-electron chi connectivity index (χ1n) is 6.65. The predicted octanol–water partition coefficient (Wildman–Crippen LogP) is 2.13. The summed E-state index contributed by atoms with van der Waals surface area (Å²) in [5, 5.41) is 2.49. The van der Waals surface area contributed by atoms with Crippen LogP contribution in [0.25, 0.3) is 10.2 Å². The van der Waals surface area contributed by atoms with Crippen LogP contribution < -0.4 is 5.56 Å². The Labute approximate surface area is 124 Å². The number of hydrogen-bond donors (Lipinski definition) is 1. The molecule has 2 aromatic rings. The van der Waals surface area contributed by atoms with Crippen molar-refractivity contribution in [2.45, 2.75) is 25.8 Å². The smallest absolute Gasteiger partial charge is 0.263 e. The average molecular weight is 309 g/mol. The summed E-state index contributed by atoms with van der Waals surface area (Å²) in [6, 6.07) is 1.78. The monoisotopic (exact) mass is 309 g/mol. The molecule has 2 aromatic heterocycles. The minimum Gasteiger partial charge on any atom is -0.343 e. The molecule has 0 spiro atoms. The molecule has 7 heteroatoms. The molecule has 0 bridgehead atoms. The lowest BCUT2D eigenvalue weighted by atomic mass is 10.3. The Hall–Kier alpha value is -1.47. The molecule has 3 rings (SSSR count). The van der Waals surface area contributed by atoms with Crippen LogP contribution in [-0.2, 0) is 11.3 Å². The maximum atomic E-state index is 12.3. The SMILES string of the molecule is O=C(CCn1c(=S)[nH]c2sccc2c1=O)N1CCCC1. The summed E-state index contributed by atoms with van der Waals surface area (Å²) in [6.07, 6.45) is 2.48. The molecule has 0 radical (unpaired) electrons. The number of likely N-dealkylation sites (tertiary alicyclic amines) is 1. The van der Waals surface area contributed by atoms with Crippen molar-refractivity contribution in [3.05, 3.63) is 26.6 Å². The van der Waals surface area contributed by atoms with Gasteiger partial charge in [-0.25, -0.2) is 0 Å². The number of fused-ring (bicyclic) bond motifs is 1. The molecule has 20 heavy (non-hydrogen) atoms. The highest BCUT2D eigenvalue weighted by molar-refractivity contribution is 7.71. The lowest BCUT2D eigenvalue weighted by Crippen LogP contribution is -2.30. The molecule has 1 aliphatic heterocycles. The Bertz CT molecular complexity index is 753. The summed E-state index contributed by atoms with van der Waals surface area (Å²) < 4.78 is 1.87. The normalized spacial score (nSPS) is 15.1. The molecule has 1 N–H and O–H groups in total. The first-order valence-corrected chi connectivity index (χ1v) is 7.94. The van der Waals surface area contributed by atoms with Gasteiger partial charge in [0.05, 0.1) is 5.39 Å². The van der Waals surface area contributed by atoms with Gasteiger partial charge in [0.15, 0.2) is 4.77 Å². The number of aromatic nitrogens is 2. The molecule has 1 aliphatic rings. The summed E-state index contributed by atoms with van der Waals surface area (Å²) in [5.41, 5.74) is -0.112. The van der Waals surface area contributed by atoms with Gasteiger partial charge in [0.1, 0.15) is 4.83 Å². The van der Waals surface area contributed by atoms with Gasteiger partial charge in [-0.15, -0.1) is 11.3 Å². The zero-order valence-corrected chi connectivity index (χ0v) is 12.6. The third-order valence-electron chi connectivity index (χ3n) is 3.61. The van der Waals surface area contributed by atoms with Gasteiger partial charge in [-0.2, -0.15) is 0 Å². The van der Waals surface area contributed by atoms with Crippen LogP contribution in [0.15, 0.2) is 16.2 Å². The zero-order valence-electron chi connectivity index (χ0n) is 10.9. The molecule has 1 amide bonds. The molecular formula is C13H15N3O2S2. The summed E-state index contributed by atoms with van der Waals surface area (Å²) in [4.78, 5) is 30.0. The summed E-state index contributed by atoms with van der Waals surface area (Å²) in [7, 11) is 0. The highest BCUT2D eigenvalue weighted by Crippen LogP contribution is 2.14. The van der Waals surface area contributed by atoms with E-state index in [0.29, 0.717) is 23.1 Å². The second-order valence-corrected chi connectivity index (χ2v) is 6.19. The standard InChI is InChI=1S/C13H15N3O2S2/c17-10(15-5-1-2-6-15)3-7-16-12(18)9-4-8-20-11(9)14-13(16)19/h4,8H,1-3,5-7H2,(H,14,19). The largest absolute Gasteiger partial charge is 0.343 e. The van der Waals surface area contributed by atoms with Gasteiger partial charge in [0.2, 0.25) is 5.91 Å². The van der Waals surface area contributed by atoms with Gasteiger partial charge in [-0.1, -0.05) is 0 Å². The number of nitrogens with one attached hydrogen (secondary N) is 1. The number of amides is 1. The molecule has 0 unspecified atom stereocenters. The van der Waals surface area contributed by atoms with Crippen LogP contribution in [0.4, 0.5) is 0 Å². The van der Waals surface area contributed by atoms with E-state index in [4.69, 9.17) is 12.2 Å². The number of thiophene rings is 1.